The molecule has 0 aliphatic rings. The number of nitriles is 1. The smallest absolute Gasteiger partial charge is 0.121 e. The van der Waals surface area contributed by atoms with Crippen molar-refractivity contribution in [1.29, 1.82) is 5.26 Å². The highest BCUT2D eigenvalue weighted by Crippen LogP contribution is 2.21. The van der Waals surface area contributed by atoms with Crippen LogP contribution in [0.1, 0.15) is 25.3 Å². The van der Waals surface area contributed by atoms with Crippen LogP contribution < -0.4 is 10.1 Å². The number of hydrogen-bond donors (Lipinski definition) is 1. The fourth-order valence-electron chi connectivity index (χ4n) is 1.54. The molecule has 0 saturated carbocycles. The first-order valence-electron chi connectivity index (χ1n) is 6.21. The molecule has 4 nitrogen and oxygen atoms in total. The summed E-state index contributed by atoms with van der Waals surface area (Å²) in [6, 6.07) is 7.54. The maximum absolute atomic E-state index is 9.00. The Labute approximate surface area is 109 Å². The summed E-state index contributed by atoms with van der Waals surface area (Å²) in [6.45, 7) is 4.43. The van der Waals surface area contributed by atoms with Crippen LogP contribution in [0.4, 0.5) is 5.69 Å². The van der Waals surface area contributed by atoms with Gasteiger partial charge in [0.25, 0.3) is 0 Å². The van der Waals surface area contributed by atoms with E-state index in [1.54, 1.807) is 19.2 Å². The molecule has 1 aromatic rings. The Bertz CT molecular complexity index is 399. The van der Waals surface area contributed by atoms with Crippen LogP contribution in [0, 0.1) is 11.3 Å². The zero-order valence-corrected chi connectivity index (χ0v) is 11.0. The number of benzene rings is 1. The largest absolute Gasteiger partial charge is 0.497 e. The van der Waals surface area contributed by atoms with E-state index in [4.69, 9.17) is 14.7 Å². The maximum Gasteiger partial charge on any atom is 0.121 e. The lowest BCUT2D eigenvalue weighted by molar-refractivity contribution is 0.134. The van der Waals surface area contributed by atoms with E-state index >= 15 is 0 Å². The highest BCUT2D eigenvalue weighted by atomic mass is 16.5. The lowest BCUT2D eigenvalue weighted by atomic mass is 10.2. The van der Waals surface area contributed by atoms with Crippen molar-refractivity contribution in [3.63, 3.8) is 0 Å². The van der Waals surface area contributed by atoms with E-state index in [0.29, 0.717) is 5.56 Å². The van der Waals surface area contributed by atoms with Gasteiger partial charge in [0.15, 0.2) is 0 Å². The standard InChI is InChI=1S/C14H20N2O2/c1-3-8-18-9-4-7-16-14-10-13(17-2)6-5-12(14)11-15/h5-6,10,16H,3-4,7-9H2,1-2H3. The average molecular weight is 248 g/mol. The van der Waals surface area contributed by atoms with Gasteiger partial charge in [-0.1, -0.05) is 6.92 Å². The maximum atomic E-state index is 9.00. The number of rotatable bonds is 8. The molecule has 1 aromatic carbocycles. The molecule has 4 heteroatoms. The minimum Gasteiger partial charge on any atom is -0.497 e. The molecule has 0 bridgehead atoms. The van der Waals surface area contributed by atoms with Crippen molar-refractivity contribution in [1.82, 2.24) is 0 Å². The molecular weight excluding hydrogens is 228 g/mol. The molecular formula is C14H20N2O2. The van der Waals surface area contributed by atoms with Crippen molar-refractivity contribution in [2.75, 3.05) is 32.2 Å². The summed E-state index contributed by atoms with van der Waals surface area (Å²) in [5.41, 5.74) is 1.44. The minimum absolute atomic E-state index is 0.630. The molecule has 98 valence electrons. The van der Waals surface area contributed by atoms with Gasteiger partial charge in [-0.15, -0.1) is 0 Å². The van der Waals surface area contributed by atoms with Gasteiger partial charge in [-0.05, 0) is 25.0 Å². The Morgan fingerprint density at radius 3 is 2.83 bits per heavy atom. The van der Waals surface area contributed by atoms with Crippen LogP contribution in [0.2, 0.25) is 0 Å². The molecule has 1 rings (SSSR count). The van der Waals surface area contributed by atoms with Crippen molar-refractivity contribution >= 4 is 5.69 Å². The zero-order valence-electron chi connectivity index (χ0n) is 11.0. The molecule has 0 fully saturated rings. The monoisotopic (exact) mass is 248 g/mol. The quantitative estimate of drug-likeness (QED) is 0.719. The summed E-state index contributed by atoms with van der Waals surface area (Å²) in [6.07, 6.45) is 1.96. The third-order valence-electron chi connectivity index (χ3n) is 2.48. The second kappa shape index (κ2) is 8.37. The van der Waals surface area contributed by atoms with Gasteiger partial charge in [-0.25, -0.2) is 0 Å². The fraction of sp³-hybridized carbons (Fsp3) is 0.500. The van der Waals surface area contributed by atoms with Gasteiger partial charge in [0.1, 0.15) is 11.8 Å². The molecule has 0 aromatic heterocycles. The third-order valence-corrected chi connectivity index (χ3v) is 2.48. The molecule has 0 aliphatic carbocycles. The SMILES string of the molecule is CCCOCCCNc1cc(OC)ccc1C#N. The molecule has 0 heterocycles. The Hall–Kier alpha value is -1.73. The molecule has 1 N–H and O–H groups in total. The normalized spacial score (nSPS) is 9.83. The van der Waals surface area contributed by atoms with E-state index in [1.165, 1.54) is 0 Å². The lowest BCUT2D eigenvalue weighted by Gasteiger charge is -2.10. The summed E-state index contributed by atoms with van der Waals surface area (Å²) < 4.78 is 10.5. The summed E-state index contributed by atoms with van der Waals surface area (Å²) in [4.78, 5) is 0. The predicted molar refractivity (Wildman–Crippen MR) is 71.9 cm³/mol. The van der Waals surface area contributed by atoms with Crippen molar-refractivity contribution < 1.29 is 9.47 Å². The Morgan fingerprint density at radius 1 is 1.33 bits per heavy atom. The summed E-state index contributed by atoms with van der Waals surface area (Å²) >= 11 is 0. The van der Waals surface area contributed by atoms with Gasteiger partial charge >= 0.3 is 0 Å². The number of anilines is 1. The molecule has 0 atom stereocenters. The molecule has 0 saturated heterocycles. The molecule has 18 heavy (non-hydrogen) atoms. The third kappa shape index (κ3) is 4.64. The van der Waals surface area contributed by atoms with Crippen molar-refractivity contribution in [2.45, 2.75) is 19.8 Å². The fourth-order valence-corrected chi connectivity index (χ4v) is 1.54. The van der Waals surface area contributed by atoms with Crippen LogP contribution in [0.3, 0.4) is 0 Å². The molecule has 0 unspecified atom stereocenters. The summed E-state index contributed by atoms with van der Waals surface area (Å²) in [7, 11) is 1.61. The zero-order chi connectivity index (χ0) is 13.2. The van der Waals surface area contributed by atoms with Crippen molar-refractivity contribution in [3.8, 4) is 11.8 Å². The lowest BCUT2D eigenvalue weighted by Crippen LogP contribution is -2.07. The molecule has 0 spiro atoms. The molecule has 0 amide bonds. The average Bonchev–Trinajstić information content (AvgIpc) is 2.42. The number of nitrogens with one attached hydrogen (secondary N) is 1. The van der Waals surface area contributed by atoms with E-state index in [1.807, 2.05) is 6.07 Å². The number of ether oxygens (including phenoxy) is 2. The van der Waals surface area contributed by atoms with Crippen LogP contribution in [-0.4, -0.2) is 26.9 Å². The van der Waals surface area contributed by atoms with Crippen molar-refractivity contribution in [2.24, 2.45) is 0 Å². The van der Waals surface area contributed by atoms with Crippen LogP contribution in [0.5, 0.6) is 5.75 Å². The van der Waals surface area contributed by atoms with Crippen LogP contribution >= 0.6 is 0 Å². The highest BCUT2D eigenvalue weighted by Gasteiger charge is 2.03. The Balaban J connectivity index is 2.43. The first kappa shape index (κ1) is 14.3. The van der Waals surface area contributed by atoms with Crippen LogP contribution in [0.15, 0.2) is 18.2 Å². The van der Waals surface area contributed by atoms with E-state index in [2.05, 4.69) is 18.3 Å². The van der Waals surface area contributed by atoms with Gasteiger partial charge in [-0.3, -0.25) is 0 Å². The van der Waals surface area contributed by atoms with Crippen LogP contribution in [0.25, 0.3) is 0 Å². The number of nitrogens with zero attached hydrogens (tertiary/aromatic N) is 1. The first-order valence-corrected chi connectivity index (χ1v) is 6.21. The summed E-state index contributed by atoms with van der Waals surface area (Å²) in [5, 5.41) is 12.2. The van der Waals surface area contributed by atoms with Crippen LogP contribution in [-0.2, 0) is 4.74 Å². The minimum atomic E-state index is 0.630. The summed E-state index contributed by atoms with van der Waals surface area (Å²) in [5.74, 6) is 0.749. The second-order valence-corrected chi connectivity index (χ2v) is 3.92. The van der Waals surface area contributed by atoms with Gasteiger partial charge in [0.05, 0.1) is 18.4 Å². The number of methoxy groups -OCH3 is 1. The topological polar surface area (TPSA) is 54.3 Å². The highest BCUT2D eigenvalue weighted by molar-refractivity contribution is 5.60. The molecule has 0 aliphatic heterocycles. The van der Waals surface area contributed by atoms with Gasteiger partial charge in [-0.2, -0.15) is 5.26 Å². The van der Waals surface area contributed by atoms with E-state index in [-0.39, 0.29) is 0 Å². The predicted octanol–water partition coefficient (Wildman–Crippen LogP) is 2.80. The molecule has 0 radical (unpaired) electrons. The second-order valence-electron chi connectivity index (χ2n) is 3.92. The Kier molecular flexibility index (Phi) is 6.67. The van der Waals surface area contributed by atoms with Crippen molar-refractivity contribution in [3.05, 3.63) is 23.8 Å². The number of hydrogen-bond acceptors (Lipinski definition) is 4. The first-order chi connectivity index (χ1) is 8.81. The van der Waals surface area contributed by atoms with Gasteiger partial charge < -0.3 is 14.8 Å². The Morgan fingerprint density at radius 2 is 2.17 bits per heavy atom. The van der Waals surface area contributed by atoms with Gasteiger partial charge in [0, 0.05) is 25.8 Å². The van der Waals surface area contributed by atoms with E-state index < -0.39 is 0 Å². The van der Waals surface area contributed by atoms with Gasteiger partial charge in [0.2, 0.25) is 0 Å². The van der Waals surface area contributed by atoms with E-state index in [0.717, 1.165) is 44.0 Å². The van der Waals surface area contributed by atoms with E-state index in [9.17, 15) is 0 Å².